The number of nitrogens with one attached hydrogen (secondary N) is 1. The van der Waals surface area contributed by atoms with Gasteiger partial charge in [0.2, 0.25) is 0 Å². The van der Waals surface area contributed by atoms with Crippen LogP contribution in [0.3, 0.4) is 0 Å². The van der Waals surface area contributed by atoms with Gasteiger partial charge in [-0.05, 0) is 91.2 Å². The van der Waals surface area contributed by atoms with E-state index in [1.165, 1.54) is 32.7 Å². The minimum Gasteiger partial charge on any atom is -0.354 e. The van der Waals surface area contributed by atoms with Crippen LogP contribution in [-0.2, 0) is 0 Å². The first-order chi connectivity index (χ1) is 24.1. The number of fused-ring (bicyclic) bond motifs is 7. The summed E-state index contributed by atoms with van der Waals surface area (Å²) in [4.78, 5) is 14.0. The van der Waals surface area contributed by atoms with Gasteiger partial charge < -0.3 is 4.98 Å². The maximum absolute atomic E-state index is 5.51. The number of aromatic amines is 1. The Labute approximate surface area is 282 Å². The molecular weight excluding hydrogens is 599 g/mol. The highest BCUT2D eigenvalue weighted by molar-refractivity contribution is 6.13. The van der Waals surface area contributed by atoms with E-state index in [2.05, 4.69) is 161 Å². The van der Waals surface area contributed by atoms with Crippen molar-refractivity contribution < 1.29 is 0 Å². The van der Waals surface area contributed by atoms with Crippen molar-refractivity contribution in [3.8, 4) is 34.0 Å². The number of H-pyrrole nitrogens is 1. The van der Waals surface area contributed by atoms with Gasteiger partial charge in [0, 0.05) is 50.1 Å². The zero-order chi connectivity index (χ0) is 32.6. The van der Waals surface area contributed by atoms with Gasteiger partial charge in [0.05, 0.1) is 27.6 Å². The van der Waals surface area contributed by atoms with E-state index >= 15 is 0 Å². The molecule has 0 saturated carbocycles. The molecule has 10 rings (SSSR count). The fraction of sp³-hybridized carbons (Fsp3) is 0.0455. The molecule has 0 aliphatic rings. The molecule has 0 unspecified atom stereocenters. The monoisotopic (exact) mass is 629 g/mol. The molecule has 5 nitrogen and oxygen atoms in total. The first kappa shape index (κ1) is 27.6. The third kappa shape index (κ3) is 4.12. The smallest absolute Gasteiger partial charge is 0.147 e. The highest BCUT2D eigenvalue weighted by Gasteiger charge is 2.21. The highest BCUT2D eigenvalue weighted by Crippen LogP contribution is 2.40. The lowest BCUT2D eigenvalue weighted by molar-refractivity contribution is 1.08. The lowest BCUT2D eigenvalue weighted by Crippen LogP contribution is -1.97. The maximum Gasteiger partial charge on any atom is 0.147 e. The van der Waals surface area contributed by atoms with E-state index in [9.17, 15) is 0 Å². The molecule has 6 aromatic carbocycles. The quantitative estimate of drug-likeness (QED) is 0.211. The van der Waals surface area contributed by atoms with E-state index in [1.807, 2.05) is 12.3 Å². The Kier molecular flexibility index (Phi) is 5.94. The first-order valence-corrected chi connectivity index (χ1v) is 16.7. The molecule has 232 valence electrons. The third-order valence-corrected chi connectivity index (χ3v) is 10.1. The van der Waals surface area contributed by atoms with Crippen molar-refractivity contribution in [2.24, 2.45) is 0 Å². The van der Waals surface area contributed by atoms with Crippen LogP contribution in [0.25, 0.3) is 88.7 Å². The summed E-state index contributed by atoms with van der Waals surface area (Å²) >= 11 is 0. The molecule has 0 radical (unpaired) electrons. The summed E-state index contributed by atoms with van der Waals surface area (Å²) in [5.74, 6) is 1.81. The number of aromatic nitrogens is 5. The van der Waals surface area contributed by atoms with Crippen LogP contribution in [0.5, 0.6) is 0 Å². The number of hydrogen-bond donors (Lipinski definition) is 1. The van der Waals surface area contributed by atoms with Gasteiger partial charge >= 0.3 is 0 Å². The van der Waals surface area contributed by atoms with Crippen LogP contribution in [0.4, 0.5) is 0 Å². The maximum atomic E-state index is 5.51. The second-order valence-electron chi connectivity index (χ2n) is 12.9. The molecule has 0 aliphatic carbocycles. The van der Waals surface area contributed by atoms with Gasteiger partial charge in [-0.15, -0.1) is 0 Å². The van der Waals surface area contributed by atoms with Gasteiger partial charge in [-0.3, -0.25) is 9.13 Å². The summed E-state index contributed by atoms with van der Waals surface area (Å²) in [5, 5.41) is 4.85. The number of pyridine rings is 1. The molecule has 5 heteroatoms. The van der Waals surface area contributed by atoms with E-state index in [-0.39, 0.29) is 0 Å². The number of nitrogens with zero attached hydrogens (tertiary/aromatic N) is 4. The van der Waals surface area contributed by atoms with E-state index in [0.717, 1.165) is 67.1 Å². The van der Waals surface area contributed by atoms with Crippen LogP contribution in [0, 0.1) is 13.8 Å². The zero-order valence-electron chi connectivity index (χ0n) is 27.1. The Balaban J connectivity index is 1.26. The largest absolute Gasteiger partial charge is 0.354 e. The van der Waals surface area contributed by atoms with Crippen LogP contribution >= 0.6 is 0 Å². The van der Waals surface area contributed by atoms with Crippen molar-refractivity contribution in [3.63, 3.8) is 0 Å². The predicted molar refractivity (Wildman–Crippen MR) is 203 cm³/mol. The number of rotatable bonds is 4. The molecule has 0 amide bonds. The summed E-state index contributed by atoms with van der Waals surface area (Å²) < 4.78 is 4.60. The van der Waals surface area contributed by atoms with Gasteiger partial charge in [0.1, 0.15) is 11.6 Å². The predicted octanol–water partition coefficient (Wildman–Crippen LogP) is 11.1. The van der Waals surface area contributed by atoms with Gasteiger partial charge in [0.15, 0.2) is 0 Å². The molecule has 0 bridgehead atoms. The van der Waals surface area contributed by atoms with Crippen molar-refractivity contribution in [3.05, 3.63) is 157 Å². The highest BCUT2D eigenvalue weighted by atomic mass is 15.1. The summed E-state index contributed by atoms with van der Waals surface area (Å²) in [6.45, 7) is 4.36. The molecular formula is C44H31N5. The van der Waals surface area contributed by atoms with Crippen molar-refractivity contribution in [1.82, 2.24) is 24.1 Å². The van der Waals surface area contributed by atoms with Crippen molar-refractivity contribution in [2.75, 3.05) is 0 Å². The summed E-state index contributed by atoms with van der Waals surface area (Å²) in [5.41, 5.74) is 13.4. The summed E-state index contributed by atoms with van der Waals surface area (Å²) in [7, 11) is 0. The van der Waals surface area contributed by atoms with Gasteiger partial charge in [-0.25, -0.2) is 9.97 Å². The average Bonchev–Trinajstić information content (AvgIpc) is 3.82. The zero-order valence-corrected chi connectivity index (χ0v) is 27.1. The minimum atomic E-state index is 0.903. The molecule has 4 heterocycles. The second kappa shape index (κ2) is 10.5. The van der Waals surface area contributed by atoms with Gasteiger partial charge in [0.25, 0.3) is 0 Å². The molecule has 1 N–H and O–H groups in total. The second-order valence-corrected chi connectivity index (χ2v) is 12.9. The Morgan fingerprint density at radius 2 is 1.29 bits per heavy atom. The first-order valence-electron chi connectivity index (χ1n) is 16.7. The van der Waals surface area contributed by atoms with E-state index in [0.29, 0.717) is 0 Å². The average molecular weight is 630 g/mol. The Bertz CT molecular complexity index is 2890. The Morgan fingerprint density at radius 1 is 0.531 bits per heavy atom. The van der Waals surface area contributed by atoms with E-state index in [1.54, 1.807) is 0 Å². The summed E-state index contributed by atoms with van der Waals surface area (Å²) in [6, 6.07) is 49.6. The molecule has 0 aliphatic heterocycles. The van der Waals surface area contributed by atoms with Crippen LogP contribution in [0.15, 0.2) is 146 Å². The minimum absolute atomic E-state index is 0.903. The Hall–Kier alpha value is -6.46. The molecule has 49 heavy (non-hydrogen) atoms. The van der Waals surface area contributed by atoms with Crippen LogP contribution in [0.2, 0.25) is 0 Å². The molecule has 0 spiro atoms. The van der Waals surface area contributed by atoms with Gasteiger partial charge in [-0.2, -0.15) is 0 Å². The fourth-order valence-corrected chi connectivity index (χ4v) is 7.59. The van der Waals surface area contributed by atoms with Crippen molar-refractivity contribution in [2.45, 2.75) is 13.8 Å². The normalized spacial score (nSPS) is 11.9. The molecule has 10 aromatic rings. The van der Waals surface area contributed by atoms with Crippen LogP contribution < -0.4 is 0 Å². The lowest BCUT2D eigenvalue weighted by Gasteiger charge is -2.11. The number of imidazole rings is 1. The van der Waals surface area contributed by atoms with Gasteiger partial charge in [-0.1, -0.05) is 78.9 Å². The Morgan fingerprint density at radius 3 is 2.16 bits per heavy atom. The molecule has 4 aromatic heterocycles. The molecule has 0 atom stereocenters. The number of hydrogen-bond acceptors (Lipinski definition) is 2. The van der Waals surface area contributed by atoms with Crippen LogP contribution in [-0.4, -0.2) is 24.1 Å². The third-order valence-electron chi connectivity index (χ3n) is 10.1. The van der Waals surface area contributed by atoms with Crippen molar-refractivity contribution >= 4 is 54.6 Å². The lowest BCUT2D eigenvalue weighted by atomic mass is 10.0. The standard InChI is InChI=1S/C44H31N5/c1-27-24-36-33-22-21-29(26-40(33)49(39(36)25-28(27)2)41-20-8-9-23-45-41)31-15-11-19-38-43(31)47-44(48(38)30-12-4-3-5-13-30)35-17-10-16-34-32-14-6-7-18-37(32)46-42(34)35/h3-26,46H,1-2H3. The topological polar surface area (TPSA) is 51.4 Å². The van der Waals surface area contributed by atoms with Crippen molar-refractivity contribution in [1.29, 1.82) is 0 Å². The number of para-hydroxylation sites is 4. The SMILES string of the molecule is Cc1cc2c3ccc(-c4cccc5c4nc(-c4cccc6c4[nH]c4ccccc46)n5-c4ccccc4)cc3n(-c3ccccn3)c2cc1C. The fourth-order valence-electron chi connectivity index (χ4n) is 7.59. The van der Waals surface area contributed by atoms with Crippen LogP contribution in [0.1, 0.15) is 11.1 Å². The number of benzene rings is 6. The molecule has 0 saturated heterocycles. The summed E-state index contributed by atoms with van der Waals surface area (Å²) in [6.07, 6.45) is 1.87. The number of aryl methyl sites for hydroxylation is 2. The molecule has 0 fully saturated rings. The van der Waals surface area contributed by atoms with E-state index in [4.69, 9.17) is 9.97 Å². The van der Waals surface area contributed by atoms with E-state index < -0.39 is 0 Å².